The van der Waals surface area contributed by atoms with Crippen LogP contribution >= 0.6 is 0 Å². The Labute approximate surface area is 188 Å². The van der Waals surface area contributed by atoms with Crippen LogP contribution in [0.5, 0.6) is 0 Å². The van der Waals surface area contributed by atoms with Gasteiger partial charge >= 0.3 is 0 Å². The van der Waals surface area contributed by atoms with E-state index in [1.54, 1.807) is 12.8 Å². The van der Waals surface area contributed by atoms with E-state index in [1.165, 1.54) is 69.8 Å². The molecular formula is C29H47B. The quantitative estimate of drug-likeness (QED) is 0.318. The summed E-state index contributed by atoms with van der Waals surface area (Å²) in [6, 6.07) is 0. The molecule has 0 heterocycles. The van der Waals surface area contributed by atoms with Crippen LogP contribution in [0.4, 0.5) is 0 Å². The van der Waals surface area contributed by atoms with Crippen LogP contribution in [0.1, 0.15) is 112 Å². The van der Waals surface area contributed by atoms with Gasteiger partial charge in [-0.2, -0.15) is 0 Å². The summed E-state index contributed by atoms with van der Waals surface area (Å²) in [5.74, 6) is 5.00. The Kier molecular flexibility index (Phi) is 4.98. The maximum Gasteiger partial charge on any atom is 0.0706 e. The van der Waals surface area contributed by atoms with Crippen LogP contribution in [0.2, 0.25) is 5.82 Å². The summed E-state index contributed by atoms with van der Waals surface area (Å²) in [7, 11) is 6.67. The van der Waals surface area contributed by atoms with Crippen molar-refractivity contribution in [2.24, 2.45) is 51.2 Å². The molecule has 0 nitrogen and oxygen atoms in total. The average Bonchev–Trinajstić information content (AvgIpc) is 3.25. The summed E-state index contributed by atoms with van der Waals surface area (Å²) in [6.07, 6.45) is 17.5. The van der Waals surface area contributed by atoms with Crippen LogP contribution in [-0.4, -0.2) is 7.85 Å². The minimum atomic E-state index is 0.352. The second-order valence-electron chi connectivity index (χ2n) is 13.8. The van der Waals surface area contributed by atoms with E-state index in [-0.39, 0.29) is 0 Å². The molecule has 0 N–H and O–H groups in total. The molecule has 8 unspecified atom stereocenters. The molecule has 0 bridgehead atoms. The lowest BCUT2D eigenvalue weighted by atomic mass is 9.43. The van der Waals surface area contributed by atoms with E-state index < -0.39 is 0 Å². The van der Waals surface area contributed by atoms with E-state index in [4.69, 9.17) is 7.85 Å². The highest BCUT2D eigenvalue weighted by atomic mass is 14.8. The van der Waals surface area contributed by atoms with Gasteiger partial charge in [0.25, 0.3) is 0 Å². The Morgan fingerprint density at radius 2 is 1.67 bits per heavy atom. The zero-order valence-corrected chi connectivity index (χ0v) is 20.7. The number of hydrogen-bond donors (Lipinski definition) is 0. The van der Waals surface area contributed by atoms with Gasteiger partial charge in [-0.15, -0.1) is 0 Å². The predicted octanol–water partition coefficient (Wildman–Crippen LogP) is 8.37. The molecule has 5 saturated carbocycles. The third-order valence-corrected chi connectivity index (χ3v) is 12.5. The highest BCUT2D eigenvalue weighted by molar-refractivity contribution is 6.12. The summed E-state index contributed by atoms with van der Waals surface area (Å²) in [6.45, 7) is 16.7. The summed E-state index contributed by atoms with van der Waals surface area (Å²) >= 11 is 0. The minimum Gasteiger partial charge on any atom is -0.0996 e. The highest BCUT2D eigenvalue weighted by Crippen LogP contribution is 2.87. The monoisotopic (exact) mass is 406 g/mol. The van der Waals surface area contributed by atoms with Gasteiger partial charge in [-0.25, -0.2) is 0 Å². The molecule has 5 aliphatic rings. The third kappa shape index (κ3) is 2.71. The Morgan fingerprint density at radius 1 is 0.933 bits per heavy atom. The van der Waals surface area contributed by atoms with Crippen LogP contribution in [-0.2, 0) is 0 Å². The Morgan fingerprint density at radius 3 is 2.40 bits per heavy atom. The molecule has 2 spiro atoms. The van der Waals surface area contributed by atoms with Crippen molar-refractivity contribution in [3.63, 3.8) is 0 Å². The molecule has 166 valence electrons. The molecule has 30 heavy (non-hydrogen) atoms. The van der Waals surface area contributed by atoms with Gasteiger partial charge in [0.05, 0.1) is 7.85 Å². The molecule has 2 radical (unpaired) electrons. The van der Waals surface area contributed by atoms with Gasteiger partial charge in [-0.1, -0.05) is 59.0 Å². The highest BCUT2D eigenvalue weighted by Gasteiger charge is 2.79. The number of fused-ring (bicyclic) bond motifs is 2. The molecule has 0 saturated heterocycles. The van der Waals surface area contributed by atoms with Crippen molar-refractivity contribution < 1.29 is 0 Å². The van der Waals surface area contributed by atoms with Crippen LogP contribution < -0.4 is 0 Å². The first-order valence-corrected chi connectivity index (χ1v) is 13.5. The molecule has 5 aliphatic carbocycles. The first-order chi connectivity index (χ1) is 14.1. The van der Waals surface area contributed by atoms with Gasteiger partial charge in [0, 0.05) is 0 Å². The molecule has 5 fully saturated rings. The lowest BCUT2D eigenvalue weighted by Crippen LogP contribution is -2.52. The number of hydrogen-bond acceptors (Lipinski definition) is 0. The summed E-state index contributed by atoms with van der Waals surface area (Å²) in [5.41, 5.74) is 3.85. The topological polar surface area (TPSA) is 0 Å². The fourth-order valence-corrected chi connectivity index (χ4v) is 10.4. The van der Waals surface area contributed by atoms with Gasteiger partial charge in [0.1, 0.15) is 0 Å². The van der Waals surface area contributed by atoms with Crippen molar-refractivity contribution in [3.05, 3.63) is 12.2 Å². The molecular weight excluding hydrogens is 359 g/mol. The molecule has 0 aromatic carbocycles. The van der Waals surface area contributed by atoms with Gasteiger partial charge < -0.3 is 0 Å². The molecule has 0 aromatic heterocycles. The van der Waals surface area contributed by atoms with Gasteiger partial charge in [0.15, 0.2) is 0 Å². The smallest absolute Gasteiger partial charge is 0.0706 e. The zero-order valence-electron chi connectivity index (χ0n) is 20.7. The van der Waals surface area contributed by atoms with Crippen molar-refractivity contribution >= 4 is 7.85 Å². The standard InChI is InChI=1S/C29H47B/c1-19(2)20(3)8-7-9-21-10-11-22-23-12-13-24-26(4,5)25(30)14-15-29(24)18-28(23,29)17-16-27(21,22)6/h19,21-25H,3,7-18H2,1-2,4-6H3. The van der Waals surface area contributed by atoms with Crippen molar-refractivity contribution in [1.82, 2.24) is 0 Å². The normalized spacial score (nSPS) is 50.9. The van der Waals surface area contributed by atoms with Crippen molar-refractivity contribution in [2.45, 2.75) is 117 Å². The van der Waals surface area contributed by atoms with Crippen LogP contribution in [0.25, 0.3) is 0 Å². The summed E-state index contributed by atoms with van der Waals surface area (Å²) < 4.78 is 0. The van der Waals surface area contributed by atoms with E-state index in [0.29, 0.717) is 28.0 Å². The molecule has 0 amide bonds. The Hall–Kier alpha value is -0.195. The molecule has 5 rings (SSSR count). The first-order valence-electron chi connectivity index (χ1n) is 13.5. The number of allylic oxidation sites excluding steroid dienone is 1. The van der Waals surface area contributed by atoms with Gasteiger partial charge in [-0.3, -0.25) is 0 Å². The fourth-order valence-electron chi connectivity index (χ4n) is 10.4. The second kappa shape index (κ2) is 6.90. The Balaban J connectivity index is 1.31. The van der Waals surface area contributed by atoms with Crippen molar-refractivity contribution in [3.8, 4) is 0 Å². The molecule has 8 atom stereocenters. The van der Waals surface area contributed by atoms with E-state index in [9.17, 15) is 0 Å². The maximum atomic E-state index is 6.67. The van der Waals surface area contributed by atoms with Crippen LogP contribution in [0.3, 0.4) is 0 Å². The van der Waals surface area contributed by atoms with Gasteiger partial charge in [0.2, 0.25) is 0 Å². The van der Waals surface area contributed by atoms with Crippen LogP contribution in [0, 0.1) is 51.2 Å². The maximum absolute atomic E-state index is 6.67. The molecule has 0 aliphatic heterocycles. The summed E-state index contributed by atoms with van der Waals surface area (Å²) in [4.78, 5) is 0. The van der Waals surface area contributed by atoms with E-state index >= 15 is 0 Å². The second-order valence-corrected chi connectivity index (χ2v) is 13.8. The third-order valence-electron chi connectivity index (χ3n) is 12.5. The molecule has 0 aromatic rings. The van der Waals surface area contributed by atoms with Crippen molar-refractivity contribution in [2.75, 3.05) is 0 Å². The lowest BCUT2D eigenvalue weighted by Gasteiger charge is -2.60. The van der Waals surface area contributed by atoms with E-state index in [1.807, 2.05) is 0 Å². The van der Waals surface area contributed by atoms with Gasteiger partial charge in [-0.05, 0) is 122 Å². The van der Waals surface area contributed by atoms with E-state index in [0.717, 1.165) is 29.1 Å². The zero-order chi connectivity index (χ0) is 21.5. The molecule has 1 heteroatoms. The average molecular weight is 407 g/mol. The van der Waals surface area contributed by atoms with E-state index in [2.05, 4.69) is 41.2 Å². The lowest BCUT2D eigenvalue weighted by molar-refractivity contribution is -0.0925. The Bertz CT molecular complexity index is 705. The first kappa shape index (κ1) is 21.6. The van der Waals surface area contributed by atoms with Crippen LogP contribution in [0.15, 0.2) is 12.2 Å². The fraction of sp³-hybridized carbons (Fsp3) is 0.931. The summed E-state index contributed by atoms with van der Waals surface area (Å²) in [5, 5.41) is 0. The van der Waals surface area contributed by atoms with Crippen molar-refractivity contribution in [1.29, 1.82) is 0 Å². The number of rotatable bonds is 5. The SMILES string of the molecule is [B]C1CCC23CC24CCC2(C)C(CCCC(=C)C(C)C)CCC2C4CCC3C1(C)C. The largest absolute Gasteiger partial charge is 0.0996 e. The predicted molar refractivity (Wildman–Crippen MR) is 130 cm³/mol. The minimum absolute atomic E-state index is 0.352.